The largest absolute Gasteiger partial charge is 0.480 e. The lowest BCUT2D eigenvalue weighted by Crippen LogP contribution is -2.34. The Labute approximate surface area is 157 Å². The van der Waals surface area contributed by atoms with Gasteiger partial charge in [-0.15, -0.1) is 0 Å². The number of ether oxygens (including phenoxy) is 1. The van der Waals surface area contributed by atoms with Gasteiger partial charge in [0.15, 0.2) is 0 Å². The van der Waals surface area contributed by atoms with Crippen LogP contribution in [-0.2, 0) is 0 Å². The van der Waals surface area contributed by atoms with Gasteiger partial charge in [0.2, 0.25) is 11.8 Å². The van der Waals surface area contributed by atoms with Crippen LogP contribution in [0.25, 0.3) is 22.2 Å². The molecule has 4 N–H and O–H groups in total. The Bertz CT molecular complexity index is 991. The van der Waals surface area contributed by atoms with Crippen LogP contribution in [0.1, 0.15) is 19.8 Å². The van der Waals surface area contributed by atoms with Crippen LogP contribution in [-0.4, -0.2) is 35.2 Å². The van der Waals surface area contributed by atoms with Crippen LogP contribution < -0.4 is 15.4 Å². The molecule has 1 saturated carbocycles. The number of H-pyrrole nitrogens is 1. The number of hydrogen-bond donors (Lipinski definition) is 4. The molecule has 0 unspecified atom stereocenters. The lowest BCUT2D eigenvalue weighted by atomic mass is 9.82. The van der Waals surface area contributed by atoms with Crippen molar-refractivity contribution in [1.82, 2.24) is 15.0 Å². The van der Waals surface area contributed by atoms with E-state index >= 15 is 0 Å². The van der Waals surface area contributed by atoms with Crippen molar-refractivity contribution < 1.29 is 4.74 Å². The maximum Gasteiger partial charge on any atom is 0.228 e. The normalized spacial score (nSPS) is 18.8. The Hall–Kier alpha value is -3.16. The van der Waals surface area contributed by atoms with Gasteiger partial charge in [-0.05, 0) is 36.5 Å². The minimum atomic E-state index is 0.427. The van der Waals surface area contributed by atoms with Crippen LogP contribution in [0.4, 0.5) is 17.3 Å². The number of fused-ring (bicyclic) bond motifs is 1. The van der Waals surface area contributed by atoms with E-state index < -0.39 is 0 Å². The van der Waals surface area contributed by atoms with E-state index in [2.05, 4.69) is 37.6 Å². The fourth-order valence-electron chi connectivity index (χ4n) is 3.64. The van der Waals surface area contributed by atoms with Crippen molar-refractivity contribution in [3.63, 3.8) is 0 Å². The number of nitrogens with zero attached hydrogens (tertiary/aromatic N) is 3. The highest BCUT2D eigenvalue weighted by Crippen LogP contribution is 2.38. The minimum absolute atomic E-state index is 0.427. The van der Waals surface area contributed by atoms with Crippen LogP contribution in [0.3, 0.4) is 0 Å². The first-order valence-electron chi connectivity index (χ1n) is 9.02. The molecule has 8 heteroatoms. The summed E-state index contributed by atoms with van der Waals surface area (Å²) in [6, 6.07) is 6.12. The average molecular weight is 365 g/mol. The highest BCUT2D eigenvalue weighted by Gasteiger charge is 2.26. The monoisotopic (exact) mass is 365 g/mol. The molecule has 8 nitrogen and oxygen atoms in total. The molecule has 27 heavy (non-hydrogen) atoms. The first kappa shape index (κ1) is 17.3. The van der Waals surface area contributed by atoms with Gasteiger partial charge in [-0.1, -0.05) is 13.0 Å². The van der Waals surface area contributed by atoms with Crippen LogP contribution in [0.5, 0.6) is 5.88 Å². The van der Waals surface area contributed by atoms with E-state index in [-0.39, 0.29) is 0 Å². The van der Waals surface area contributed by atoms with Crippen molar-refractivity contribution >= 4 is 28.4 Å². The fraction of sp³-hybridized carbons (Fsp3) is 0.368. The predicted octanol–water partition coefficient (Wildman–Crippen LogP) is 4.55. The second-order valence-electron chi connectivity index (χ2n) is 6.99. The third-order valence-electron chi connectivity index (χ3n) is 5.10. The van der Waals surface area contributed by atoms with Crippen molar-refractivity contribution in [3.8, 4) is 17.0 Å². The number of aromatic nitrogens is 3. The lowest BCUT2D eigenvalue weighted by Gasteiger charge is -2.33. The molecule has 0 radical (unpaired) electrons. The zero-order valence-electron chi connectivity index (χ0n) is 15.6. The smallest absolute Gasteiger partial charge is 0.228 e. The molecule has 0 atom stereocenters. The molecule has 3 aromatic rings. The quantitative estimate of drug-likeness (QED) is 0.479. The Morgan fingerprint density at radius 3 is 2.78 bits per heavy atom. The molecule has 0 aliphatic heterocycles. The molecule has 1 aliphatic carbocycles. The number of hydrogen-bond acceptors (Lipinski definition) is 7. The van der Waals surface area contributed by atoms with E-state index in [9.17, 15) is 0 Å². The van der Waals surface area contributed by atoms with E-state index in [1.807, 2.05) is 31.4 Å². The van der Waals surface area contributed by atoms with Crippen LogP contribution in [0.2, 0.25) is 0 Å². The van der Waals surface area contributed by atoms with Gasteiger partial charge in [0.05, 0.1) is 18.2 Å². The van der Waals surface area contributed by atoms with Crippen LogP contribution in [0.15, 0.2) is 29.5 Å². The number of anilines is 2. The first-order chi connectivity index (χ1) is 13.1. The van der Waals surface area contributed by atoms with Crippen molar-refractivity contribution in [1.29, 1.82) is 5.53 Å². The number of benzene rings is 1. The van der Waals surface area contributed by atoms with Crippen LogP contribution >= 0.6 is 0 Å². The van der Waals surface area contributed by atoms with Gasteiger partial charge in [0, 0.05) is 24.8 Å². The van der Waals surface area contributed by atoms with Gasteiger partial charge in [0.25, 0.3) is 0 Å². The molecule has 1 fully saturated rings. The van der Waals surface area contributed by atoms with E-state index in [4.69, 9.17) is 10.3 Å². The maximum atomic E-state index is 7.27. The number of nitrogens with one attached hydrogen (secondary N) is 4. The van der Waals surface area contributed by atoms with Gasteiger partial charge >= 0.3 is 0 Å². The minimum Gasteiger partial charge on any atom is -0.480 e. The summed E-state index contributed by atoms with van der Waals surface area (Å²) in [5.74, 6) is 1.88. The van der Waals surface area contributed by atoms with Gasteiger partial charge in [0.1, 0.15) is 11.3 Å². The van der Waals surface area contributed by atoms with Crippen molar-refractivity contribution in [2.45, 2.75) is 25.8 Å². The van der Waals surface area contributed by atoms with Crippen molar-refractivity contribution in [2.24, 2.45) is 11.0 Å². The Morgan fingerprint density at radius 1 is 1.30 bits per heavy atom. The van der Waals surface area contributed by atoms with Crippen molar-refractivity contribution in [2.75, 3.05) is 24.8 Å². The molecule has 1 aliphatic rings. The topological polar surface area (TPSA) is 111 Å². The second-order valence-corrected chi connectivity index (χ2v) is 6.99. The second kappa shape index (κ2) is 6.86. The summed E-state index contributed by atoms with van der Waals surface area (Å²) in [5.41, 5.74) is 11.3. The summed E-state index contributed by atoms with van der Waals surface area (Å²) in [6.07, 6.45) is 4.18. The standard InChI is InChI=1S/C19H23N7O/c1-10-6-12(7-10)23-19-24-17-16(18(25-19)27-3)13(9-22-17)11-4-5-14(26-20)15(8-11)21-2/h4-5,8-10,12,20-21H,6-7H2,1-3H3,(H2,22,23,24,25). The molecule has 1 aromatic carbocycles. The van der Waals surface area contributed by atoms with Gasteiger partial charge < -0.3 is 20.4 Å². The molecular formula is C19H23N7O. The molecule has 2 aromatic heterocycles. The van der Waals surface area contributed by atoms with E-state index in [1.54, 1.807) is 7.11 Å². The molecule has 0 amide bonds. The van der Waals surface area contributed by atoms with Gasteiger partial charge in [-0.2, -0.15) is 15.1 Å². The zero-order chi connectivity index (χ0) is 19.0. The highest BCUT2D eigenvalue weighted by molar-refractivity contribution is 5.98. The summed E-state index contributed by atoms with van der Waals surface area (Å²) in [4.78, 5) is 12.4. The number of rotatable bonds is 6. The van der Waals surface area contributed by atoms with E-state index in [0.29, 0.717) is 23.6 Å². The third kappa shape index (κ3) is 3.07. The molecule has 0 saturated heterocycles. The van der Waals surface area contributed by atoms with E-state index in [1.165, 1.54) is 0 Å². The first-order valence-corrected chi connectivity index (χ1v) is 9.02. The molecular weight excluding hydrogens is 342 g/mol. The highest BCUT2D eigenvalue weighted by atomic mass is 16.5. The van der Waals surface area contributed by atoms with Crippen molar-refractivity contribution in [3.05, 3.63) is 24.4 Å². The van der Waals surface area contributed by atoms with Gasteiger partial charge in [-0.25, -0.2) is 5.53 Å². The summed E-state index contributed by atoms with van der Waals surface area (Å²) in [6.45, 7) is 2.25. The fourth-order valence-corrected chi connectivity index (χ4v) is 3.64. The van der Waals surface area contributed by atoms with E-state index in [0.717, 1.165) is 46.6 Å². The zero-order valence-corrected chi connectivity index (χ0v) is 15.6. The van der Waals surface area contributed by atoms with Gasteiger partial charge in [-0.3, -0.25) is 0 Å². The number of aromatic amines is 1. The molecule has 0 spiro atoms. The lowest BCUT2D eigenvalue weighted by molar-refractivity contribution is 0.307. The Morgan fingerprint density at radius 2 is 2.11 bits per heavy atom. The summed E-state index contributed by atoms with van der Waals surface area (Å²) < 4.78 is 5.57. The summed E-state index contributed by atoms with van der Waals surface area (Å²) in [7, 11) is 3.43. The molecule has 0 bridgehead atoms. The van der Waals surface area contributed by atoms with Crippen LogP contribution in [0, 0.1) is 11.4 Å². The maximum absolute atomic E-state index is 7.27. The molecule has 140 valence electrons. The predicted molar refractivity (Wildman–Crippen MR) is 106 cm³/mol. The molecule has 2 heterocycles. The number of methoxy groups -OCH3 is 1. The Kier molecular flexibility index (Phi) is 4.39. The Balaban J connectivity index is 1.75. The average Bonchev–Trinajstić information content (AvgIpc) is 3.09. The molecule has 4 rings (SSSR count). The third-order valence-corrected chi connectivity index (χ3v) is 5.10. The SMILES string of the molecule is CNc1cc(-c2c[nH]c3nc(NC4CC(C)C4)nc(OC)c23)ccc1N=N. The summed E-state index contributed by atoms with van der Waals surface area (Å²) >= 11 is 0. The summed E-state index contributed by atoms with van der Waals surface area (Å²) in [5, 5.41) is 10.8.